The number of carboxylic acids is 1. The highest BCUT2D eigenvalue weighted by molar-refractivity contribution is 6.31. The smallest absolute Gasteiger partial charge is 0.303 e. The van der Waals surface area contributed by atoms with Gasteiger partial charge in [-0.25, -0.2) is 0 Å². The lowest BCUT2D eigenvalue weighted by Crippen LogP contribution is -2.35. The molecule has 0 saturated carbocycles. The highest BCUT2D eigenvalue weighted by Crippen LogP contribution is 2.24. The van der Waals surface area contributed by atoms with E-state index < -0.39 is 5.97 Å². The molecular weight excluding hydrogens is 262 g/mol. The zero-order chi connectivity index (χ0) is 13.8. The van der Waals surface area contributed by atoms with Gasteiger partial charge in [0.05, 0.1) is 0 Å². The van der Waals surface area contributed by atoms with Crippen molar-refractivity contribution >= 4 is 17.6 Å². The molecular formula is C15H20ClNO2. The van der Waals surface area contributed by atoms with Crippen molar-refractivity contribution in [3.8, 4) is 0 Å². The second-order valence-corrected chi connectivity index (χ2v) is 5.84. The van der Waals surface area contributed by atoms with Crippen molar-refractivity contribution in [3.63, 3.8) is 0 Å². The Labute approximate surface area is 119 Å². The van der Waals surface area contributed by atoms with Crippen LogP contribution in [0.25, 0.3) is 0 Å². The van der Waals surface area contributed by atoms with Crippen LogP contribution in [0.2, 0.25) is 5.02 Å². The van der Waals surface area contributed by atoms with Gasteiger partial charge in [-0.15, -0.1) is 0 Å². The molecule has 1 N–H and O–H groups in total. The third-order valence-electron chi connectivity index (χ3n) is 3.67. The Hall–Kier alpha value is -1.06. The third-order valence-corrected chi connectivity index (χ3v) is 4.02. The van der Waals surface area contributed by atoms with E-state index in [4.69, 9.17) is 16.7 Å². The fourth-order valence-electron chi connectivity index (χ4n) is 2.73. The Morgan fingerprint density at radius 2 is 2.32 bits per heavy atom. The number of rotatable bonds is 4. The lowest BCUT2D eigenvalue weighted by molar-refractivity contribution is -0.138. The van der Waals surface area contributed by atoms with Gasteiger partial charge in [-0.2, -0.15) is 0 Å². The van der Waals surface area contributed by atoms with E-state index in [-0.39, 0.29) is 12.3 Å². The highest BCUT2D eigenvalue weighted by atomic mass is 35.5. The van der Waals surface area contributed by atoms with Crippen molar-refractivity contribution in [3.05, 3.63) is 34.3 Å². The van der Waals surface area contributed by atoms with E-state index in [0.717, 1.165) is 48.6 Å². The summed E-state index contributed by atoms with van der Waals surface area (Å²) in [5.41, 5.74) is 2.29. The molecule has 3 nitrogen and oxygen atoms in total. The van der Waals surface area contributed by atoms with Gasteiger partial charge < -0.3 is 5.11 Å². The first-order valence-electron chi connectivity index (χ1n) is 6.74. The van der Waals surface area contributed by atoms with Crippen LogP contribution in [0.15, 0.2) is 18.2 Å². The van der Waals surface area contributed by atoms with Gasteiger partial charge in [0.25, 0.3) is 0 Å². The summed E-state index contributed by atoms with van der Waals surface area (Å²) < 4.78 is 0. The third kappa shape index (κ3) is 4.22. The summed E-state index contributed by atoms with van der Waals surface area (Å²) in [6, 6.07) is 6.12. The van der Waals surface area contributed by atoms with Gasteiger partial charge in [0.1, 0.15) is 0 Å². The van der Waals surface area contributed by atoms with Crippen molar-refractivity contribution in [2.45, 2.75) is 32.7 Å². The van der Waals surface area contributed by atoms with Gasteiger partial charge >= 0.3 is 5.97 Å². The number of carboxylic acid groups (broad SMARTS) is 1. The molecule has 4 heteroatoms. The summed E-state index contributed by atoms with van der Waals surface area (Å²) in [4.78, 5) is 13.1. The summed E-state index contributed by atoms with van der Waals surface area (Å²) in [6.07, 6.45) is 2.37. The predicted molar refractivity (Wildman–Crippen MR) is 76.4 cm³/mol. The van der Waals surface area contributed by atoms with Crippen LogP contribution in [0.4, 0.5) is 0 Å². The van der Waals surface area contributed by atoms with Crippen LogP contribution >= 0.6 is 11.6 Å². The minimum atomic E-state index is -0.694. The van der Waals surface area contributed by atoms with Gasteiger partial charge in [0.15, 0.2) is 0 Å². The van der Waals surface area contributed by atoms with E-state index in [9.17, 15) is 4.79 Å². The van der Waals surface area contributed by atoms with Gasteiger partial charge in [0.2, 0.25) is 0 Å². The molecule has 1 fully saturated rings. The van der Waals surface area contributed by atoms with Crippen molar-refractivity contribution in [1.29, 1.82) is 0 Å². The average Bonchev–Trinajstić information content (AvgIpc) is 2.32. The fraction of sp³-hybridized carbons (Fsp3) is 0.533. The molecule has 104 valence electrons. The van der Waals surface area contributed by atoms with Crippen LogP contribution < -0.4 is 0 Å². The number of piperidine rings is 1. The van der Waals surface area contributed by atoms with E-state index in [2.05, 4.69) is 17.0 Å². The monoisotopic (exact) mass is 281 g/mol. The lowest BCUT2D eigenvalue weighted by Gasteiger charge is -2.32. The molecule has 1 aliphatic rings. The van der Waals surface area contributed by atoms with Crippen LogP contribution in [0, 0.1) is 12.8 Å². The van der Waals surface area contributed by atoms with Crippen molar-refractivity contribution in [1.82, 2.24) is 4.90 Å². The minimum Gasteiger partial charge on any atom is -0.481 e. The number of aliphatic carboxylic acids is 1. The second-order valence-electron chi connectivity index (χ2n) is 5.44. The molecule has 1 atom stereocenters. The van der Waals surface area contributed by atoms with Gasteiger partial charge in [-0.3, -0.25) is 9.69 Å². The molecule has 0 aliphatic carbocycles. The first-order valence-corrected chi connectivity index (χ1v) is 7.11. The van der Waals surface area contributed by atoms with E-state index >= 15 is 0 Å². The van der Waals surface area contributed by atoms with E-state index in [1.165, 1.54) is 0 Å². The van der Waals surface area contributed by atoms with E-state index in [1.807, 2.05) is 13.0 Å². The maximum absolute atomic E-state index is 10.8. The topological polar surface area (TPSA) is 40.5 Å². The van der Waals surface area contributed by atoms with E-state index in [1.54, 1.807) is 0 Å². The zero-order valence-corrected chi connectivity index (χ0v) is 12.0. The first kappa shape index (κ1) is 14.4. The van der Waals surface area contributed by atoms with E-state index in [0.29, 0.717) is 0 Å². The molecule has 0 radical (unpaired) electrons. The highest BCUT2D eigenvalue weighted by Gasteiger charge is 2.22. The number of halogens is 1. The van der Waals surface area contributed by atoms with Crippen LogP contribution in [0.3, 0.4) is 0 Å². The molecule has 1 saturated heterocycles. The summed E-state index contributed by atoms with van der Waals surface area (Å²) in [5.74, 6) is -0.421. The largest absolute Gasteiger partial charge is 0.481 e. The maximum Gasteiger partial charge on any atom is 0.303 e. The molecule has 1 aliphatic heterocycles. The van der Waals surface area contributed by atoms with Crippen molar-refractivity contribution < 1.29 is 9.90 Å². The number of likely N-dealkylation sites (tertiary alicyclic amines) is 1. The minimum absolute atomic E-state index is 0.274. The van der Waals surface area contributed by atoms with Crippen LogP contribution in [0.1, 0.15) is 30.4 Å². The van der Waals surface area contributed by atoms with Crippen LogP contribution in [-0.2, 0) is 11.3 Å². The molecule has 19 heavy (non-hydrogen) atoms. The normalized spacial score (nSPS) is 20.4. The molecule has 1 aromatic rings. The standard InChI is InChI=1S/C15H20ClNO2/c1-11-4-5-13(14(16)7-11)10-17-6-2-3-12(9-17)8-15(18)19/h4-5,7,12H,2-3,6,8-10H2,1H3,(H,18,19). The Kier molecular flexibility index (Phi) is 4.83. The van der Waals surface area contributed by atoms with Gasteiger partial charge in [0, 0.05) is 24.5 Å². The summed E-state index contributed by atoms with van der Waals surface area (Å²) in [6.45, 7) is 4.73. The van der Waals surface area contributed by atoms with Crippen LogP contribution in [0.5, 0.6) is 0 Å². The fourth-order valence-corrected chi connectivity index (χ4v) is 3.02. The number of nitrogens with zero attached hydrogens (tertiary/aromatic N) is 1. The summed E-state index contributed by atoms with van der Waals surface area (Å²) >= 11 is 6.25. The molecule has 1 aromatic carbocycles. The molecule has 1 unspecified atom stereocenters. The molecule has 0 bridgehead atoms. The molecule has 0 aromatic heterocycles. The maximum atomic E-state index is 10.8. The van der Waals surface area contributed by atoms with Crippen LogP contribution in [-0.4, -0.2) is 29.1 Å². The SMILES string of the molecule is Cc1ccc(CN2CCCC(CC(=O)O)C2)c(Cl)c1. The number of hydrogen-bond acceptors (Lipinski definition) is 2. The number of aryl methyl sites for hydroxylation is 1. The Morgan fingerprint density at radius 3 is 3.00 bits per heavy atom. The molecule has 1 heterocycles. The summed E-state index contributed by atoms with van der Waals surface area (Å²) in [5, 5.41) is 9.68. The molecule has 0 spiro atoms. The number of hydrogen-bond donors (Lipinski definition) is 1. The van der Waals surface area contributed by atoms with Gasteiger partial charge in [-0.1, -0.05) is 23.7 Å². The molecule has 2 rings (SSSR count). The summed E-state index contributed by atoms with van der Waals surface area (Å²) in [7, 11) is 0. The quantitative estimate of drug-likeness (QED) is 0.920. The van der Waals surface area contributed by atoms with Crippen molar-refractivity contribution in [2.24, 2.45) is 5.92 Å². The lowest BCUT2D eigenvalue weighted by atomic mass is 9.94. The van der Waals surface area contributed by atoms with Gasteiger partial charge in [-0.05, 0) is 49.4 Å². The predicted octanol–water partition coefficient (Wildman–Crippen LogP) is 3.34. The van der Waals surface area contributed by atoms with Crippen molar-refractivity contribution in [2.75, 3.05) is 13.1 Å². The number of carbonyl (C=O) groups is 1. The number of benzene rings is 1. The molecule has 0 amide bonds. The first-order chi connectivity index (χ1) is 9.04. The Morgan fingerprint density at radius 1 is 1.53 bits per heavy atom. The Balaban J connectivity index is 1.96. The average molecular weight is 282 g/mol. The zero-order valence-electron chi connectivity index (χ0n) is 11.2. The second kappa shape index (κ2) is 6.40. The Bertz CT molecular complexity index is 461.